The number of rotatable bonds is 6. The van der Waals surface area contributed by atoms with Crippen LogP contribution in [0.25, 0.3) is 0 Å². The minimum absolute atomic E-state index is 0.0291. The molecule has 182 valence electrons. The van der Waals surface area contributed by atoms with Crippen molar-refractivity contribution in [2.45, 2.75) is 77.4 Å². The maximum absolute atomic E-state index is 12.2. The average Bonchev–Trinajstić information content (AvgIpc) is 3.17. The molecule has 4 aliphatic rings. The Bertz CT molecular complexity index is 1010. The minimum atomic E-state index is -0.876. The molecule has 7 nitrogen and oxygen atoms in total. The first-order valence-electron chi connectivity index (χ1n) is 12.6. The van der Waals surface area contributed by atoms with Crippen LogP contribution in [0.2, 0.25) is 0 Å². The third kappa shape index (κ3) is 3.26. The van der Waals surface area contributed by atoms with E-state index < -0.39 is 5.60 Å². The van der Waals surface area contributed by atoms with Gasteiger partial charge in [0.15, 0.2) is 22.1 Å². The summed E-state index contributed by atoms with van der Waals surface area (Å²) < 4.78 is 0. The second-order valence-corrected chi connectivity index (χ2v) is 11.6. The van der Waals surface area contributed by atoms with Crippen molar-refractivity contribution in [1.29, 1.82) is 0 Å². The molecule has 1 aromatic rings. The molecule has 4 aliphatic carbocycles. The van der Waals surface area contributed by atoms with E-state index >= 15 is 0 Å². The summed E-state index contributed by atoms with van der Waals surface area (Å²) in [5.41, 5.74) is 0.897. The summed E-state index contributed by atoms with van der Waals surface area (Å²) in [4.78, 5) is 46.4. The molecule has 0 saturated heterocycles. The summed E-state index contributed by atoms with van der Waals surface area (Å²) >= 11 is 0. The molecular weight excluding hydrogens is 432 g/mol. The Morgan fingerprint density at radius 3 is 2.50 bits per heavy atom. The van der Waals surface area contributed by atoms with E-state index in [9.17, 15) is 14.6 Å². The lowest BCUT2D eigenvalue weighted by molar-refractivity contribution is -0.182. The fourth-order valence-electron chi connectivity index (χ4n) is 8.87. The first kappa shape index (κ1) is 23.2. The van der Waals surface area contributed by atoms with Crippen LogP contribution in [0, 0.1) is 44.3 Å². The van der Waals surface area contributed by atoms with Crippen LogP contribution in [0.4, 0.5) is 0 Å². The van der Waals surface area contributed by atoms with E-state index in [2.05, 4.69) is 24.5 Å². The zero-order valence-electron chi connectivity index (χ0n) is 20.2. The molecule has 0 radical (unpaired) electrons. The summed E-state index contributed by atoms with van der Waals surface area (Å²) in [7, 11) is 0. The van der Waals surface area contributed by atoms with Crippen molar-refractivity contribution >= 4 is 5.78 Å². The molecule has 5 rings (SSSR count). The van der Waals surface area contributed by atoms with Crippen molar-refractivity contribution in [1.82, 2.24) is 0 Å². The van der Waals surface area contributed by atoms with Gasteiger partial charge in [-0.3, -0.25) is 4.79 Å². The molecule has 3 fully saturated rings. The normalized spacial score (nSPS) is 40.6. The zero-order chi connectivity index (χ0) is 24.1. The highest BCUT2D eigenvalue weighted by molar-refractivity contribution is 5.91. The van der Waals surface area contributed by atoms with Gasteiger partial charge >= 0.3 is 0 Å². The van der Waals surface area contributed by atoms with Gasteiger partial charge in [0.25, 0.3) is 0 Å². The highest BCUT2D eigenvalue weighted by atomic mass is 16.7. The predicted molar refractivity (Wildman–Crippen MR) is 127 cm³/mol. The van der Waals surface area contributed by atoms with Crippen LogP contribution in [-0.4, -0.2) is 11.9 Å². The van der Waals surface area contributed by atoms with E-state index in [0.29, 0.717) is 24.7 Å². The van der Waals surface area contributed by atoms with Crippen LogP contribution in [0.1, 0.15) is 71.3 Å². The number of carbonyl (C=O) groups is 1. The van der Waals surface area contributed by atoms with Gasteiger partial charge in [0, 0.05) is 18.3 Å². The Hall–Kier alpha value is -2.57. The minimum Gasteiger partial charge on any atom is -0.360 e. The van der Waals surface area contributed by atoms with Crippen LogP contribution in [-0.2, 0) is 20.1 Å². The third-order valence-corrected chi connectivity index (χ3v) is 10.3. The Morgan fingerprint density at radius 2 is 1.79 bits per heavy atom. The monoisotopic (exact) mass is 466 g/mol. The standard InChI is InChI=1S/C27H34N2O5/c1-25-14-13-19(30)15-18(25)9-10-20-21-11-12-23(26(21,2)16-22(24(20)25)33-28-31)27(3,34-29-32)17-7-5-4-6-8-17/h4-8,15,20-24H,9-14,16H2,1-3H3/t20-,21-,22-,23-,24+,25-,26-,27-/m0/s1. The fourth-order valence-corrected chi connectivity index (χ4v) is 8.87. The molecule has 8 atom stereocenters. The molecule has 34 heavy (non-hydrogen) atoms. The van der Waals surface area contributed by atoms with Crippen LogP contribution < -0.4 is 0 Å². The van der Waals surface area contributed by atoms with Gasteiger partial charge in [-0.25, -0.2) is 0 Å². The van der Waals surface area contributed by atoms with Crippen LogP contribution in [0.5, 0.6) is 0 Å². The van der Waals surface area contributed by atoms with E-state index in [4.69, 9.17) is 9.68 Å². The summed E-state index contributed by atoms with van der Waals surface area (Å²) in [5, 5.41) is 5.84. The van der Waals surface area contributed by atoms with E-state index in [-0.39, 0.29) is 34.6 Å². The molecule has 0 bridgehead atoms. The molecule has 0 amide bonds. The number of allylic oxidation sites excluding steroid dienone is 1. The Morgan fingerprint density at radius 1 is 1.03 bits per heavy atom. The number of carbonyl (C=O) groups excluding carboxylic acids is 1. The first-order valence-corrected chi connectivity index (χ1v) is 12.6. The Labute approximate surface area is 200 Å². The molecule has 1 aromatic carbocycles. The van der Waals surface area contributed by atoms with Crippen molar-refractivity contribution in [3.8, 4) is 0 Å². The molecule has 0 spiro atoms. The third-order valence-electron chi connectivity index (χ3n) is 10.3. The summed E-state index contributed by atoms with van der Waals surface area (Å²) in [6.07, 6.45) is 7.33. The zero-order valence-corrected chi connectivity index (χ0v) is 20.2. The molecular formula is C27H34N2O5. The second-order valence-electron chi connectivity index (χ2n) is 11.6. The number of nitrogens with zero attached hydrogens (tertiary/aromatic N) is 2. The van der Waals surface area contributed by atoms with Crippen LogP contribution in [0.15, 0.2) is 52.7 Å². The van der Waals surface area contributed by atoms with E-state index in [1.54, 1.807) is 0 Å². The van der Waals surface area contributed by atoms with Gasteiger partial charge in [-0.2, -0.15) is 0 Å². The highest BCUT2D eigenvalue weighted by Gasteiger charge is 2.66. The molecule has 0 unspecified atom stereocenters. The first-order chi connectivity index (χ1) is 16.3. The lowest BCUT2D eigenvalue weighted by Crippen LogP contribution is -2.58. The molecule has 7 heteroatoms. The lowest BCUT2D eigenvalue weighted by Gasteiger charge is -2.60. The molecule has 0 heterocycles. The second kappa shape index (κ2) is 8.28. The van der Waals surface area contributed by atoms with Gasteiger partial charge in [0.2, 0.25) is 0 Å². The highest BCUT2D eigenvalue weighted by Crippen LogP contribution is 2.69. The topological polar surface area (TPSA) is 94.4 Å². The molecule has 0 aromatic heterocycles. The smallest absolute Gasteiger partial charge is 0.166 e. The van der Waals surface area contributed by atoms with Gasteiger partial charge in [-0.1, -0.05) is 49.8 Å². The van der Waals surface area contributed by atoms with Gasteiger partial charge in [-0.05, 0) is 79.8 Å². The molecule has 3 saturated carbocycles. The van der Waals surface area contributed by atoms with E-state index in [1.165, 1.54) is 5.57 Å². The largest absolute Gasteiger partial charge is 0.360 e. The maximum atomic E-state index is 12.2. The number of fused-ring (bicyclic) bond motifs is 5. The van der Waals surface area contributed by atoms with E-state index in [1.807, 2.05) is 43.3 Å². The fraction of sp³-hybridized carbons (Fsp3) is 0.667. The number of ketones is 1. The van der Waals surface area contributed by atoms with E-state index in [0.717, 1.165) is 37.7 Å². The predicted octanol–water partition coefficient (Wildman–Crippen LogP) is 6.42. The van der Waals surface area contributed by atoms with Crippen molar-refractivity contribution in [3.63, 3.8) is 0 Å². The van der Waals surface area contributed by atoms with Gasteiger partial charge < -0.3 is 9.68 Å². The Balaban J connectivity index is 1.56. The van der Waals surface area contributed by atoms with Crippen LogP contribution >= 0.6 is 0 Å². The summed E-state index contributed by atoms with van der Waals surface area (Å²) in [5.74, 6) is 1.14. The molecule has 0 aliphatic heterocycles. The average molecular weight is 467 g/mol. The lowest BCUT2D eigenvalue weighted by atomic mass is 9.45. The van der Waals surface area contributed by atoms with Crippen molar-refractivity contribution in [3.05, 3.63) is 57.4 Å². The summed E-state index contributed by atoms with van der Waals surface area (Å²) in [6.45, 7) is 6.50. The number of benzene rings is 1. The van der Waals surface area contributed by atoms with Gasteiger partial charge in [-0.15, -0.1) is 9.81 Å². The van der Waals surface area contributed by atoms with Gasteiger partial charge in [0.05, 0.1) is 0 Å². The Kier molecular flexibility index (Phi) is 5.64. The van der Waals surface area contributed by atoms with Crippen molar-refractivity contribution in [2.75, 3.05) is 0 Å². The SMILES string of the molecule is C[C@]12C[C@H](ON=O)[C@H]3[C@@H](CCC4=CC(=O)CC[C@@]43C)[C@@H]1CC[C@@H]2[C@@](C)(ON=O)c1ccccc1. The van der Waals surface area contributed by atoms with Crippen molar-refractivity contribution in [2.24, 2.45) is 45.2 Å². The molecule has 0 N–H and O–H groups in total. The van der Waals surface area contributed by atoms with Gasteiger partial charge in [0.1, 0.15) is 6.10 Å². The maximum Gasteiger partial charge on any atom is 0.166 e. The quantitative estimate of drug-likeness (QED) is 0.356. The van der Waals surface area contributed by atoms with Crippen molar-refractivity contribution < 1.29 is 14.5 Å². The summed E-state index contributed by atoms with van der Waals surface area (Å²) in [6, 6.07) is 9.84. The van der Waals surface area contributed by atoms with Crippen LogP contribution in [0.3, 0.4) is 0 Å². The number of hydrogen-bond donors (Lipinski definition) is 0. The number of hydrogen-bond acceptors (Lipinski definition) is 7.